The Morgan fingerprint density at radius 3 is 2.60 bits per heavy atom. The van der Waals surface area contributed by atoms with Crippen molar-refractivity contribution in [2.75, 3.05) is 5.32 Å². The van der Waals surface area contributed by atoms with E-state index in [4.69, 9.17) is 11.6 Å². The Balaban J connectivity index is 3.11. The maximum Gasteiger partial charge on any atom is 0.417 e. The Hall–Kier alpha value is -1.30. The quantitative estimate of drug-likeness (QED) is 0.765. The number of nitrogens with one attached hydrogen (secondary N) is 1. The van der Waals surface area contributed by atoms with Gasteiger partial charge in [-0.15, -0.1) is 0 Å². The van der Waals surface area contributed by atoms with Gasteiger partial charge in [0.05, 0.1) is 11.3 Å². The number of hydrogen-bond acceptors (Lipinski definition) is 2. The first-order valence-corrected chi connectivity index (χ1v) is 4.19. The van der Waals surface area contributed by atoms with Crippen LogP contribution in [-0.4, -0.2) is 10.9 Å². The van der Waals surface area contributed by atoms with E-state index >= 15 is 0 Å². The van der Waals surface area contributed by atoms with Gasteiger partial charge >= 0.3 is 6.18 Å². The first kappa shape index (κ1) is 11.8. The molecule has 0 radical (unpaired) electrons. The normalized spacial score (nSPS) is 11.3. The Morgan fingerprint density at radius 1 is 1.53 bits per heavy atom. The Kier molecular flexibility index (Phi) is 3.18. The third-order valence-electron chi connectivity index (χ3n) is 1.48. The molecule has 3 nitrogen and oxygen atoms in total. The molecular formula is C8H6ClF3N2O. The first-order valence-electron chi connectivity index (χ1n) is 3.81. The van der Waals surface area contributed by atoms with Crippen LogP contribution < -0.4 is 5.32 Å². The van der Waals surface area contributed by atoms with Crippen LogP contribution in [0.15, 0.2) is 12.3 Å². The summed E-state index contributed by atoms with van der Waals surface area (Å²) in [4.78, 5) is 14.0. The summed E-state index contributed by atoms with van der Waals surface area (Å²) in [6, 6.07) is 0.733. The molecule has 82 valence electrons. The van der Waals surface area contributed by atoms with Gasteiger partial charge < -0.3 is 5.32 Å². The van der Waals surface area contributed by atoms with Crippen LogP contribution in [-0.2, 0) is 11.0 Å². The summed E-state index contributed by atoms with van der Waals surface area (Å²) in [5.41, 5.74) is -1.12. The smallest absolute Gasteiger partial charge is 0.324 e. The fraction of sp³-hybridized carbons (Fsp3) is 0.250. The second-order valence-electron chi connectivity index (χ2n) is 2.74. The van der Waals surface area contributed by atoms with Crippen molar-refractivity contribution >= 4 is 23.2 Å². The fourth-order valence-electron chi connectivity index (χ4n) is 0.880. The van der Waals surface area contributed by atoms with Crippen molar-refractivity contribution in [3.05, 3.63) is 23.0 Å². The Bertz CT molecular complexity index is 392. The van der Waals surface area contributed by atoms with Gasteiger partial charge in [0.15, 0.2) is 5.15 Å². The van der Waals surface area contributed by atoms with E-state index < -0.39 is 17.6 Å². The summed E-state index contributed by atoms with van der Waals surface area (Å²) in [6.07, 6.45) is -3.90. The van der Waals surface area contributed by atoms with Crippen LogP contribution in [0.2, 0.25) is 5.15 Å². The highest BCUT2D eigenvalue weighted by Crippen LogP contribution is 2.32. The van der Waals surface area contributed by atoms with Crippen molar-refractivity contribution in [3.8, 4) is 0 Å². The number of aromatic nitrogens is 1. The van der Waals surface area contributed by atoms with Crippen LogP contribution >= 0.6 is 11.6 Å². The minimum Gasteiger partial charge on any atom is -0.324 e. The van der Waals surface area contributed by atoms with Crippen LogP contribution in [0.5, 0.6) is 0 Å². The molecule has 7 heteroatoms. The largest absolute Gasteiger partial charge is 0.417 e. The van der Waals surface area contributed by atoms with Gasteiger partial charge in [0, 0.05) is 13.1 Å². The van der Waals surface area contributed by atoms with Crippen molar-refractivity contribution in [3.63, 3.8) is 0 Å². The van der Waals surface area contributed by atoms with Crippen molar-refractivity contribution < 1.29 is 18.0 Å². The number of pyridine rings is 1. The number of amides is 1. The number of rotatable bonds is 1. The second-order valence-corrected chi connectivity index (χ2v) is 3.10. The van der Waals surface area contributed by atoms with Gasteiger partial charge in [-0.25, -0.2) is 4.98 Å². The van der Waals surface area contributed by atoms with Crippen molar-refractivity contribution in [1.82, 2.24) is 4.98 Å². The molecule has 0 saturated carbocycles. The second kappa shape index (κ2) is 4.06. The molecule has 0 bridgehead atoms. The number of alkyl halides is 3. The van der Waals surface area contributed by atoms with Crippen molar-refractivity contribution in [1.29, 1.82) is 0 Å². The predicted octanol–water partition coefficient (Wildman–Crippen LogP) is 2.71. The number of hydrogen-bond donors (Lipinski definition) is 1. The van der Waals surface area contributed by atoms with E-state index in [0.717, 1.165) is 13.0 Å². The SMILES string of the molecule is CC(=O)Nc1cc(C(F)(F)F)cnc1Cl. The van der Waals surface area contributed by atoms with E-state index in [1.165, 1.54) is 0 Å². The molecule has 1 N–H and O–H groups in total. The Labute approximate surface area is 88.3 Å². The van der Waals surface area contributed by atoms with Gasteiger partial charge in [0.2, 0.25) is 5.91 Å². The zero-order valence-electron chi connectivity index (χ0n) is 7.52. The molecule has 0 aliphatic carbocycles. The number of halogens is 4. The molecule has 0 saturated heterocycles. The average Bonchev–Trinajstić information content (AvgIpc) is 2.06. The maximum atomic E-state index is 12.2. The molecule has 0 spiro atoms. The van der Waals surface area contributed by atoms with Crippen molar-refractivity contribution in [2.24, 2.45) is 0 Å². The Morgan fingerprint density at radius 2 is 2.13 bits per heavy atom. The minimum atomic E-state index is -4.51. The molecule has 0 atom stereocenters. The third-order valence-corrected chi connectivity index (χ3v) is 1.78. The topological polar surface area (TPSA) is 42.0 Å². The molecular weight excluding hydrogens is 233 g/mol. The molecule has 1 rings (SSSR count). The monoisotopic (exact) mass is 238 g/mol. The average molecular weight is 239 g/mol. The first-order chi connectivity index (χ1) is 6.80. The number of carbonyl (C=O) groups excluding carboxylic acids is 1. The van der Waals surface area contributed by atoms with Gasteiger partial charge in [0.1, 0.15) is 0 Å². The van der Waals surface area contributed by atoms with Crippen LogP contribution in [0, 0.1) is 0 Å². The lowest BCUT2D eigenvalue weighted by atomic mass is 10.2. The zero-order chi connectivity index (χ0) is 11.6. The molecule has 0 aliphatic rings. The van der Waals surface area contributed by atoms with E-state index in [0.29, 0.717) is 6.20 Å². The van der Waals surface area contributed by atoms with Crippen LogP contribution in [0.25, 0.3) is 0 Å². The van der Waals surface area contributed by atoms with Gasteiger partial charge in [-0.2, -0.15) is 13.2 Å². The van der Waals surface area contributed by atoms with Gasteiger partial charge in [-0.3, -0.25) is 4.79 Å². The highest BCUT2D eigenvalue weighted by Gasteiger charge is 2.31. The van der Waals surface area contributed by atoms with Crippen LogP contribution in [0.1, 0.15) is 12.5 Å². The van der Waals surface area contributed by atoms with Crippen molar-refractivity contribution in [2.45, 2.75) is 13.1 Å². The van der Waals surface area contributed by atoms with E-state index in [1.54, 1.807) is 0 Å². The summed E-state index contributed by atoms with van der Waals surface area (Å²) in [7, 11) is 0. The third kappa shape index (κ3) is 3.09. The lowest BCUT2D eigenvalue weighted by Crippen LogP contribution is -2.10. The van der Waals surface area contributed by atoms with Gasteiger partial charge in [0.25, 0.3) is 0 Å². The molecule has 0 fully saturated rings. The van der Waals surface area contributed by atoms with Gasteiger partial charge in [-0.1, -0.05) is 11.6 Å². The molecule has 1 heterocycles. The highest BCUT2D eigenvalue weighted by atomic mass is 35.5. The number of anilines is 1. The van der Waals surface area contributed by atoms with E-state index in [2.05, 4.69) is 10.3 Å². The minimum absolute atomic E-state index is 0.154. The number of carbonyl (C=O) groups is 1. The summed E-state index contributed by atoms with van der Waals surface area (Å²) in [5.74, 6) is -0.516. The predicted molar refractivity (Wildman–Crippen MR) is 48.6 cm³/mol. The summed E-state index contributed by atoms with van der Waals surface area (Å²) < 4.78 is 36.7. The zero-order valence-corrected chi connectivity index (χ0v) is 8.28. The molecule has 0 aliphatic heterocycles. The van der Waals surface area contributed by atoms with E-state index in [9.17, 15) is 18.0 Å². The van der Waals surface area contributed by atoms with Gasteiger partial charge in [-0.05, 0) is 6.07 Å². The molecule has 1 aromatic heterocycles. The van der Waals surface area contributed by atoms with Crippen LogP contribution in [0.4, 0.5) is 18.9 Å². The maximum absolute atomic E-state index is 12.2. The van der Waals surface area contributed by atoms with E-state index in [1.807, 2.05) is 0 Å². The summed E-state index contributed by atoms with van der Waals surface area (Å²) in [5, 5.41) is 1.97. The lowest BCUT2D eigenvalue weighted by molar-refractivity contribution is -0.137. The van der Waals surface area contributed by atoms with Crippen LogP contribution in [0.3, 0.4) is 0 Å². The summed E-state index contributed by atoms with van der Waals surface area (Å²) >= 11 is 5.50. The number of nitrogens with zero attached hydrogens (tertiary/aromatic N) is 1. The molecule has 0 unspecified atom stereocenters. The fourth-order valence-corrected chi connectivity index (χ4v) is 1.03. The molecule has 0 aromatic carbocycles. The molecule has 1 amide bonds. The molecule has 15 heavy (non-hydrogen) atoms. The summed E-state index contributed by atoms with van der Waals surface area (Å²) in [6.45, 7) is 1.16. The standard InChI is InChI=1S/C8H6ClF3N2O/c1-4(15)14-6-2-5(8(10,11)12)3-13-7(6)9/h2-3H,1H3,(H,14,15). The van der Waals surface area contributed by atoms with E-state index in [-0.39, 0.29) is 10.8 Å². The lowest BCUT2D eigenvalue weighted by Gasteiger charge is -2.09. The highest BCUT2D eigenvalue weighted by molar-refractivity contribution is 6.32. The molecule has 1 aromatic rings.